The molecule has 0 aromatic rings. The Bertz CT molecular complexity index is 242. The fourth-order valence-corrected chi connectivity index (χ4v) is 1.81. The van der Waals surface area contributed by atoms with E-state index in [0.29, 0.717) is 5.78 Å². The molecular weight excluding hydrogens is 172 g/mol. The minimum absolute atomic E-state index is 0.0483. The molecule has 1 unspecified atom stereocenters. The molecule has 0 aliphatic heterocycles. The second kappa shape index (κ2) is 4.29. The molecule has 0 bridgehead atoms. The van der Waals surface area contributed by atoms with Crippen molar-refractivity contribution in [1.82, 2.24) is 0 Å². The molecule has 1 aliphatic carbocycles. The van der Waals surface area contributed by atoms with Crippen LogP contribution in [0.15, 0.2) is 11.6 Å². The van der Waals surface area contributed by atoms with Crippen molar-refractivity contribution in [3.05, 3.63) is 11.6 Å². The minimum Gasteiger partial charge on any atom is -0.299 e. The molecule has 0 aromatic heterocycles. The molecule has 1 nitrogen and oxygen atoms in total. The number of hydrogen-bond donors (Lipinski definition) is 0. The third-order valence-electron chi connectivity index (χ3n) is 3.34. The highest BCUT2D eigenvalue weighted by atomic mass is 16.1. The molecule has 1 fully saturated rings. The van der Waals surface area contributed by atoms with Gasteiger partial charge in [0.25, 0.3) is 0 Å². The largest absolute Gasteiger partial charge is 0.299 e. The Morgan fingerprint density at radius 3 is 2.36 bits per heavy atom. The lowest BCUT2D eigenvalue weighted by Gasteiger charge is -2.16. The van der Waals surface area contributed by atoms with Gasteiger partial charge in [-0.05, 0) is 39.5 Å². The Morgan fingerprint density at radius 2 is 2.00 bits per heavy atom. The average molecular weight is 194 g/mol. The Hall–Kier alpha value is -0.590. The fourth-order valence-electron chi connectivity index (χ4n) is 1.81. The third-order valence-corrected chi connectivity index (χ3v) is 3.34. The summed E-state index contributed by atoms with van der Waals surface area (Å²) in [6, 6.07) is 0. The smallest absolute Gasteiger partial charge is 0.142 e. The zero-order valence-corrected chi connectivity index (χ0v) is 9.89. The van der Waals surface area contributed by atoms with Gasteiger partial charge in [0.2, 0.25) is 0 Å². The Kier molecular flexibility index (Phi) is 3.52. The van der Waals surface area contributed by atoms with E-state index < -0.39 is 0 Å². The average Bonchev–Trinajstić information content (AvgIpc) is 2.93. The van der Waals surface area contributed by atoms with Crippen molar-refractivity contribution in [2.45, 2.75) is 53.4 Å². The zero-order chi connectivity index (χ0) is 10.8. The Labute approximate surface area is 87.6 Å². The highest BCUT2D eigenvalue weighted by Gasteiger charge is 2.49. The molecule has 1 aliphatic rings. The first-order valence-electron chi connectivity index (χ1n) is 5.69. The quantitative estimate of drug-likeness (QED) is 0.609. The van der Waals surface area contributed by atoms with Crippen LogP contribution >= 0.6 is 0 Å². The summed E-state index contributed by atoms with van der Waals surface area (Å²) in [5.41, 5.74) is 1.38. The van der Waals surface area contributed by atoms with Crippen LogP contribution in [0.4, 0.5) is 0 Å². The number of carbonyl (C=O) groups excluding carboxylic acids is 1. The van der Waals surface area contributed by atoms with Gasteiger partial charge in [0.05, 0.1) is 0 Å². The first-order valence-corrected chi connectivity index (χ1v) is 5.69. The highest BCUT2D eigenvalue weighted by molar-refractivity contribution is 5.89. The molecule has 1 heteroatoms. The monoisotopic (exact) mass is 194 g/mol. The van der Waals surface area contributed by atoms with Gasteiger partial charge in [-0.15, -0.1) is 0 Å². The molecule has 0 saturated heterocycles. The molecular formula is C13H22O. The van der Waals surface area contributed by atoms with Crippen molar-refractivity contribution in [3.8, 4) is 0 Å². The maximum absolute atomic E-state index is 12.0. The molecule has 80 valence electrons. The van der Waals surface area contributed by atoms with Crippen LogP contribution in [0.2, 0.25) is 0 Å². The van der Waals surface area contributed by atoms with Crippen LogP contribution in [0.1, 0.15) is 53.4 Å². The molecule has 0 heterocycles. The van der Waals surface area contributed by atoms with E-state index >= 15 is 0 Å². The summed E-state index contributed by atoms with van der Waals surface area (Å²) in [4.78, 5) is 12.0. The Balaban J connectivity index is 2.58. The molecule has 1 saturated carbocycles. The van der Waals surface area contributed by atoms with Gasteiger partial charge in [0.1, 0.15) is 5.78 Å². The van der Waals surface area contributed by atoms with E-state index in [-0.39, 0.29) is 11.3 Å². The van der Waals surface area contributed by atoms with E-state index in [9.17, 15) is 4.79 Å². The molecule has 0 amide bonds. The SMILES string of the molecule is CCC(C)C(=O)C1(CC=C(C)C)CC1. The second-order valence-electron chi connectivity index (χ2n) is 4.94. The van der Waals surface area contributed by atoms with E-state index in [4.69, 9.17) is 0 Å². The van der Waals surface area contributed by atoms with Crippen LogP contribution in [-0.2, 0) is 4.79 Å². The van der Waals surface area contributed by atoms with E-state index in [1.165, 1.54) is 5.57 Å². The van der Waals surface area contributed by atoms with Gasteiger partial charge in [-0.25, -0.2) is 0 Å². The summed E-state index contributed by atoms with van der Waals surface area (Å²) in [6.07, 6.45) is 6.39. The summed E-state index contributed by atoms with van der Waals surface area (Å²) >= 11 is 0. The number of ketones is 1. The summed E-state index contributed by atoms with van der Waals surface area (Å²) in [7, 11) is 0. The number of carbonyl (C=O) groups is 1. The fraction of sp³-hybridized carbons (Fsp3) is 0.769. The van der Waals surface area contributed by atoms with Gasteiger partial charge in [-0.3, -0.25) is 4.79 Å². The molecule has 0 aromatic carbocycles. The van der Waals surface area contributed by atoms with Crippen molar-refractivity contribution in [2.75, 3.05) is 0 Å². The molecule has 0 radical (unpaired) electrons. The van der Waals surface area contributed by atoms with E-state index in [2.05, 4.69) is 33.8 Å². The van der Waals surface area contributed by atoms with Gasteiger partial charge in [0, 0.05) is 11.3 Å². The number of rotatable bonds is 5. The molecule has 1 atom stereocenters. The Morgan fingerprint density at radius 1 is 1.43 bits per heavy atom. The number of Topliss-reactive ketones (excluding diaryl/α,β-unsaturated/α-hetero) is 1. The molecule has 0 spiro atoms. The lowest BCUT2D eigenvalue weighted by atomic mass is 9.87. The van der Waals surface area contributed by atoms with Crippen molar-refractivity contribution >= 4 is 5.78 Å². The number of hydrogen-bond acceptors (Lipinski definition) is 1. The second-order valence-corrected chi connectivity index (χ2v) is 4.94. The first-order chi connectivity index (χ1) is 6.52. The van der Waals surface area contributed by atoms with Crippen LogP contribution < -0.4 is 0 Å². The minimum atomic E-state index is 0.0483. The van der Waals surface area contributed by atoms with Crippen LogP contribution in [0, 0.1) is 11.3 Å². The lowest BCUT2D eigenvalue weighted by Crippen LogP contribution is -2.22. The van der Waals surface area contributed by atoms with Gasteiger partial charge in [-0.2, -0.15) is 0 Å². The van der Waals surface area contributed by atoms with Crippen molar-refractivity contribution in [2.24, 2.45) is 11.3 Å². The maximum Gasteiger partial charge on any atom is 0.142 e. The molecule has 1 rings (SSSR count). The van der Waals surface area contributed by atoms with Crippen LogP contribution in [0.5, 0.6) is 0 Å². The van der Waals surface area contributed by atoms with E-state index in [1.807, 2.05) is 0 Å². The van der Waals surface area contributed by atoms with Crippen molar-refractivity contribution < 1.29 is 4.79 Å². The maximum atomic E-state index is 12.0. The topological polar surface area (TPSA) is 17.1 Å². The summed E-state index contributed by atoms with van der Waals surface area (Å²) in [6.45, 7) is 8.36. The standard InChI is InChI=1S/C13H22O/c1-5-11(4)12(14)13(8-9-13)7-6-10(2)3/h6,11H,5,7-9H2,1-4H3. The summed E-state index contributed by atoms with van der Waals surface area (Å²) in [5, 5.41) is 0. The van der Waals surface area contributed by atoms with Gasteiger partial charge < -0.3 is 0 Å². The highest BCUT2D eigenvalue weighted by Crippen LogP contribution is 2.51. The van der Waals surface area contributed by atoms with Crippen LogP contribution in [0.25, 0.3) is 0 Å². The third kappa shape index (κ3) is 2.46. The predicted molar refractivity (Wildman–Crippen MR) is 60.2 cm³/mol. The summed E-state index contributed by atoms with van der Waals surface area (Å²) in [5.74, 6) is 0.751. The zero-order valence-electron chi connectivity index (χ0n) is 9.89. The normalized spacial score (nSPS) is 20.0. The van der Waals surface area contributed by atoms with E-state index in [0.717, 1.165) is 25.7 Å². The van der Waals surface area contributed by atoms with Crippen LogP contribution in [0.3, 0.4) is 0 Å². The molecule has 14 heavy (non-hydrogen) atoms. The van der Waals surface area contributed by atoms with Gasteiger partial charge >= 0.3 is 0 Å². The van der Waals surface area contributed by atoms with Gasteiger partial charge in [-0.1, -0.05) is 25.5 Å². The van der Waals surface area contributed by atoms with Crippen LogP contribution in [-0.4, -0.2) is 5.78 Å². The number of allylic oxidation sites excluding steroid dienone is 2. The lowest BCUT2D eigenvalue weighted by molar-refractivity contribution is -0.127. The summed E-state index contributed by atoms with van der Waals surface area (Å²) < 4.78 is 0. The molecule has 0 N–H and O–H groups in total. The predicted octanol–water partition coefficient (Wildman–Crippen LogP) is 3.74. The van der Waals surface area contributed by atoms with Crippen molar-refractivity contribution in [3.63, 3.8) is 0 Å². The first kappa shape index (κ1) is 11.5. The van der Waals surface area contributed by atoms with Gasteiger partial charge in [0.15, 0.2) is 0 Å². The van der Waals surface area contributed by atoms with E-state index in [1.54, 1.807) is 0 Å². The van der Waals surface area contributed by atoms with Crippen molar-refractivity contribution in [1.29, 1.82) is 0 Å².